The highest BCUT2D eigenvalue weighted by atomic mass is 32.2. The molecule has 0 aliphatic heterocycles. The van der Waals surface area contributed by atoms with E-state index in [0.29, 0.717) is 0 Å². The molecule has 1 aromatic rings. The van der Waals surface area contributed by atoms with Crippen LogP contribution in [0, 0.1) is 12.8 Å². The van der Waals surface area contributed by atoms with Gasteiger partial charge in [0.1, 0.15) is 6.04 Å². The summed E-state index contributed by atoms with van der Waals surface area (Å²) < 4.78 is 26.8. The highest BCUT2D eigenvalue weighted by Crippen LogP contribution is 2.12. The molecular weight excluding hydrogens is 264 g/mol. The van der Waals surface area contributed by atoms with Crippen LogP contribution in [0.2, 0.25) is 0 Å². The van der Waals surface area contributed by atoms with Gasteiger partial charge in [0.05, 0.1) is 4.90 Å². The number of amides is 1. The Morgan fingerprint density at radius 3 is 2.11 bits per heavy atom. The van der Waals surface area contributed by atoms with Crippen LogP contribution in [0.5, 0.6) is 0 Å². The van der Waals surface area contributed by atoms with Crippen LogP contribution < -0.4 is 10.0 Å². The summed E-state index contributed by atoms with van der Waals surface area (Å²) in [4.78, 5) is 11.8. The molecule has 106 valence electrons. The number of hydrogen-bond acceptors (Lipinski definition) is 3. The molecule has 0 unspecified atom stereocenters. The lowest BCUT2D eigenvalue weighted by atomic mass is 10.1. The van der Waals surface area contributed by atoms with E-state index < -0.39 is 16.1 Å². The first kappa shape index (κ1) is 15.7. The Morgan fingerprint density at radius 2 is 1.68 bits per heavy atom. The average molecular weight is 284 g/mol. The van der Waals surface area contributed by atoms with Crippen molar-refractivity contribution in [2.45, 2.75) is 31.7 Å². The Morgan fingerprint density at radius 1 is 1.16 bits per heavy atom. The minimum absolute atomic E-state index is 0.139. The first-order chi connectivity index (χ1) is 8.77. The fourth-order valence-electron chi connectivity index (χ4n) is 1.60. The van der Waals surface area contributed by atoms with Crippen LogP contribution in [0.15, 0.2) is 29.2 Å². The largest absolute Gasteiger partial charge is 0.358 e. The molecule has 1 amide bonds. The Labute approximate surface area is 114 Å². The van der Waals surface area contributed by atoms with E-state index in [1.807, 2.05) is 6.92 Å². The molecule has 6 heteroatoms. The van der Waals surface area contributed by atoms with Crippen LogP contribution in [0.3, 0.4) is 0 Å². The number of rotatable bonds is 5. The van der Waals surface area contributed by atoms with Crippen molar-refractivity contribution in [2.75, 3.05) is 7.05 Å². The average Bonchev–Trinajstić information content (AvgIpc) is 2.35. The van der Waals surface area contributed by atoms with Gasteiger partial charge in [-0.05, 0) is 25.0 Å². The molecule has 5 nitrogen and oxygen atoms in total. The van der Waals surface area contributed by atoms with E-state index in [1.165, 1.54) is 19.2 Å². The maximum atomic E-state index is 12.2. The second-order valence-electron chi connectivity index (χ2n) is 4.77. The zero-order chi connectivity index (χ0) is 14.6. The molecule has 0 saturated carbocycles. The van der Waals surface area contributed by atoms with Crippen LogP contribution in [0.4, 0.5) is 0 Å². The summed E-state index contributed by atoms with van der Waals surface area (Å²) >= 11 is 0. The van der Waals surface area contributed by atoms with E-state index in [2.05, 4.69) is 10.0 Å². The van der Waals surface area contributed by atoms with Crippen molar-refractivity contribution in [3.63, 3.8) is 0 Å². The summed E-state index contributed by atoms with van der Waals surface area (Å²) in [7, 11) is -2.20. The summed E-state index contributed by atoms with van der Waals surface area (Å²) in [5, 5.41) is 2.46. The molecule has 1 rings (SSSR count). The van der Waals surface area contributed by atoms with E-state index in [9.17, 15) is 13.2 Å². The lowest BCUT2D eigenvalue weighted by molar-refractivity contribution is -0.123. The normalized spacial score (nSPS) is 13.3. The van der Waals surface area contributed by atoms with Gasteiger partial charge in [-0.3, -0.25) is 4.79 Å². The van der Waals surface area contributed by atoms with Gasteiger partial charge in [0.15, 0.2) is 0 Å². The Balaban J connectivity index is 3.00. The van der Waals surface area contributed by atoms with Gasteiger partial charge in [-0.25, -0.2) is 8.42 Å². The summed E-state index contributed by atoms with van der Waals surface area (Å²) in [6.07, 6.45) is 0. The topological polar surface area (TPSA) is 75.3 Å². The molecule has 0 saturated heterocycles. The molecule has 0 aliphatic rings. The maximum Gasteiger partial charge on any atom is 0.241 e. The standard InChI is InChI=1S/C13H20N2O3S/c1-9(2)12(13(16)14-4)15-19(17,18)11-7-5-10(3)6-8-11/h5-9,12,15H,1-4H3,(H,14,16)/t12-/m1/s1. The molecule has 0 heterocycles. The lowest BCUT2D eigenvalue weighted by Gasteiger charge is -2.20. The Kier molecular flexibility index (Phi) is 5.08. The van der Waals surface area contributed by atoms with Gasteiger partial charge in [-0.15, -0.1) is 0 Å². The summed E-state index contributed by atoms with van der Waals surface area (Å²) in [5.41, 5.74) is 0.977. The second kappa shape index (κ2) is 6.16. The molecule has 0 bridgehead atoms. The van der Waals surface area contributed by atoms with Gasteiger partial charge >= 0.3 is 0 Å². The molecule has 2 N–H and O–H groups in total. The van der Waals surface area contributed by atoms with E-state index in [0.717, 1.165) is 5.56 Å². The van der Waals surface area contributed by atoms with Gasteiger partial charge in [0.2, 0.25) is 15.9 Å². The molecule has 0 fully saturated rings. The summed E-state index contributed by atoms with van der Waals surface area (Å²) in [5.74, 6) is -0.481. The molecule has 0 aromatic heterocycles. The Bertz CT molecular complexity index is 536. The fraction of sp³-hybridized carbons (Fsp3) is 0.462. The van der Waals surface area contributed by atoms with Gasteiger partial charge in [0.25, 0.3) is 0 Å². The van der Waals surface area contributed by atoms with E-state index in [4.69, 9.17) is 0 Å². The van der Waals surface area contributed by atoms with Crippen molar-refractivity contribution < 1.29 is 13.2 Å². The molecule has 0 spiro atoms. The highest BCUT2D eigenvalue weighted by molar-refractivity contribution is 7.89. The predicted molar refractivity (Wildman–Crippen MR) is 74.2 cm³/mol. The second-order valence-corrected chi connectivity index (χ2v) is 6.48. The van der Waals surface area contributed by atoms with E-state index >= 15 is 0 Å². The highest BCUT2D eigenvalue weighted by Gasteiger charge is 2.27. The number of hydrogen-bond donors (Lipinski definition) is 2. The minimum Gasteiger partial charge on any atom is -0.358 e. The molecule has 1 atom stereocenters. The van der Waals surface area contributed by atoms with Crippen molar-refractivity contribution in [1.29, 1.82) is 0 Å². The van der Waals surface area contributed by atoms with Crippen LogP contribution in [0.25, 0.3) is 0 Å². The van der Waals surface area contributed by atoms with Crippen LogP contribution in [-0.2, 0) is 14.8 Å². The number of likely N-dealkylation sites (N-methyl/N-ethyl adjacent to an activating group) is 1. The van der Waals surface area contributed by atoms with Crippen LogP contribution in [-0.4, -0.2) is 27.4 Å². The SMILES string of the molecule is CNC(=O)[C@H](NS(=O)(=O)c1ccc(C)cc1)C(C)C. The van der Waals surface area contributed by atoms with Gasteiger partial charge < -0.3 is 5.32 Å². The number of nitrogens with one attached hydrogen (secondary N) is 2. The number of sulfonamides is 1. The number of carbonyl (C=O) groups is 1. The molecule has 1 aromatic carbocycles. The zero-order valence-corrected chi connectivity index (χ0v) is 12.4. The number of benzene rings is 1. The third-order valence-corrected chi connectivity index (χ3v) is 4.27. The molecule has 0 aliphatic carbocycles. The minimum atomic E-state index is -3.69. The van der Waals surface area contributed by atoms with Crippen LogP contribution in [0.1, 0.15) is 19.4 Å². The van der Waals surface area contributed by atoms with E-state index in [-0.39, 0.29) is 16.7 Å². The van der Waals surface area contributed by atoms with Crippen molar-refractivity contribution in [2.24, 2.45) is 5.92 Å². The summed E-state index contributed by atoms with van der Waals surface area (Å²) in [6, 6.07) is 5.71. The molecule has 0 radical (unpaired) electrons. The predicted octanol–water partition coefficient (Wildman–Crippen LogP) is 1.04. The zero-order valence-electron chi connectivity index (χ0n) is 11.6. The molecular formula is C13H20N2O3S. The third kappa shape index (κ3) is 4.04. The van der Waals surface area contributed by atoms with Crippen molar-refractivity contribution in [1.82, 2.24) is 10.0 Å². The van der Waals surface area contributed by atoms with Crippen molar-refractivity contribution in [3.05, 3.63) is 29.8 Å². The first-order valence-electron chi connectivity index (χ1n) is 6.08. The fourth-order valence-corrected chi connectivity index (χ4v) is 2.94. The van der Waals surface area contributed by atoms with Gasteiger partial charge in [0, 0.05) is 7.05 Å². The monoisotopic (exact) mass is 284 g/mol. The van der Waals surface area contributed by atoms with Crippen molar-refractivity contribution >= 4 is 15.9 Å². The quantitative estimate of drug-likeness (QED) is 0.848. The van der Waals surface area contributed by atoms with Gasteiger partial charge in [-0.1, -0.05) is 31.5 Å². The maximum absolute atomic E-state index is 12.2. The summed E-state index contributed by atoms with van der Waals surface area (Å²) in [6.45, 7) is 5.46. The Hall–Kier alpha value is -1.40. The van der Waals surface area contributed by atoms with E-state index in [1.54, 1.807) is 26.0 Å². The number of carbonyl (C=O) groups excluding carboxylic acids is 1. The van der Waals surface area contributed by atoms with Crippen molar-refractivity contribution in [3.8, 4) is 0 Å². The molecule has 19 heavy (non-hydrogen) atoms. The van der Waals surface area contributed by atoms with Gasteiger partial charge in [-0.2, -0.15) is 4.72 Å². The lowest BCUT2D eigenvalue weighted by Crippen LogP contribution is -2.48. The third-order valence-electron chi connectivity index (χ3n) is 2.81. The smallest absolute Gasteiger partial charge is 0.241 e. The van der Waals surface area contributed by atoms with Crippen LogP contribution >= 0.6 is 0 Å². The number of aryl methyl sites for hydroxylation is 1. The first-order valence-corrected chi connectivity index (χ1v) is 7.57.